The van der Waals surface area contributed by atoms with Gasteiger partial charge in [0, 0.05) is 25.9 Å². The van der Waals surface area contributed by atoms with E-state index >= 15 is 0 Å². The van der Waals surface area contributed by atoms with Gasteiger partial charge in [0.15, 0.2) is 29.7 Å². The third-order valence-corrected chi connectivity index (χ3v) is 6.37. The molecule has 2 heterocycles. The van der Waals surface area contributed by atoms with Crippen molar-refractivity contribution >= 4 is 28.8 Å². The van der Waals surface area contributed by atoms with Gasteiger partial charge in [-0.15, -0.1) is 0 Å². The number of rotatable bonds is 11. The lowest BCUT2D eigenvalue weighted by molar-refractivity contribution is -0.130. The number of ether oxygens (including phenoxy) is 4. The molecule has 0 fully saturated rings. The van der Waals surface area contributed by atoms with Crippen molar-refractivity contribution < 1.29 is 32.5 Å². The minimum Gasteiger partial charge on any atom is -0.493 e. The summed E-state index contributed by atoms with van der Waals surface area (Å²) in [6.07, 6.45) is 1.56. The second-order valence-corrected chi connectivity index (χ2v) is 9.61. The fraction of sp³-hybridized carbons (Fsp3) is 0.214. The fourth-order valence-electron chi connectivity index (χ4n) is 3.57. The van der Waals surface area contributed by atoms with Crippen molar-refractivity contribution in [1.29, 1.82) is 0 Å². The number of aryl methyl sites for hydroxylation is 1. The number of likely N-dealkylation sites (N-methyl/N-ethyl adjacent to an activating group) is 1. The van der Waals surface area contributed by atoms with E-state index in [0.29, 0.717) is 22.8 Å². The Hall–Kier alpha value is -4.75. The van der Waals surface area contributed by atoms with Crippen LogP contribution in [0.25, 0.3) is 11.4 Å². The van der Waals surface area contributed by atoms with Gasteiger partial charge in [0.05, 0.1) is 14.2 Å². The summed E-state index contributed by atoms with van der Waals surface area (Å²) in [5, 5.41) is 0. The van der Waals surface area contributed by atoms with Crippen molar-refractivity contribution in [2.45, 2.75) is 6.92 Å². The van der Waals surface area contributed by atoms with Crippen molar-refractivity contribution in [1.82, 2.24) is 19.9 Å². The number of pyridine rings is 1. The van der Waals surface area contributed by atoms with Gasteiger partial charge in [-0.1, -0.05) is 30.3 Å². The van der Waals surface area contributed by atoms with Gasteiger partial charge in [-0.25, -0.2) is 14.2 Å². The minimum absolute atomic E-state index is 0.0208. The normalized spacial score (nSPS) is 11.4. The number of aromatic nitrogens is 3. The van der Waals surface area contributed by atoms with Gasteiger partial charge in [-0.2, -0.15) is 9.29 Å². The molecule has 2 aromatic carbocycles. The molecule has 0 aliphatic carbocycles. The molecule has 13 heteroatoms. The van der Waals surface area contributed by atoms with Crippen LogP contribution >= 0.6 is 0 Å². The zero-order valence-corrected chi connectivity index (χ0v) is 23.9. The van der Waals surface area contributed by atoms with Crippen LogP contribution in [0.15, 0.2) is 66.9 Å². The first-order chi connectivity index (χ1) is 19.7. The Balaban J connectivity index is 1.88. The number of benzene rings is 2. The van der Waals surface area contributed by atoms with E-state index in [-0.39, 0.29) is 41.6 Å². The van der Waals surface area contributed by atoms with E-state index in [9.17, 15) is 13.6 Å². The Bertz CT molecular complexity index is 1550. The van der Waals surface area contributed by atoms with E-state index in [1.165, 1.54) is 19.1 Å². The lowest BCUT2D eigenvalue weighted by Crippen LogP contribution is -2.27. The van der Waals surface area contributed by atoms with Gasteiger partial charge in [0.25, 0.3) is 23.1 Å². The first kappa shape index (κ1) is 29.2. The number of nitrogens with zero attached hydrogens (tertiary/aromatic N) is 5. The molecular formula is C28H29N5O7S. The number of amides is 1. The number of anilines is 2. The number of carbonyl (C=O) groups is 1. The summed E-state index contributed by atoms with van der Waals surface area (Å²) in [5.74, 6) is 1.01. The Kier molecular flexibility index (Phi) is 9.32. The van der Waals surface area contributed by atoms with Gasteiger partial charge in [-0.3, -0.25) is 9.35 Å². The molecule has 4 aromatic rings. The maximum Gasteiger partial charge on any atom is 0.269 e. The average molecular weight is 580 g/mol. The number of methoxy groups -OCH3 is 2. The maximum atomic E-state index is 12.8. The van der Waals surface area contributed by atoms with Gasteiger partial charge in [0.2, 0.25) is 5.75 Å². The van der Waals surface area contributed by atoms with Crippen LogP contribution in [-0.4, -0.2) is 69.4 Å². The summed E-state index contributed by atoms with van der Waals surface area (Å²) < 4.78 is 47.0. The topological polar surface area (TPSA) is 136 Å². The largest absolute Gasteiger partial charge is 0.493 e. The van der Waals surface area contributed by atoms with E-state index in [0.717, 1.165) is 9.87 Å². The summed E-state index contributed by atoms with van der Waals surface area (Å²) in [4.78, 5) is 26.9. The van der Waals surface area contributed by atoms with E-state index in [2.05, 4.69) is 15.0 Å². The molecule has 1 atom stereocenters. The van der Waals surface area contributed by atoms with Crippen LogP contribution in [0.3, 0.4) is 0 Å². The summed E-state index contributed by atoms with van der Waals surface area (Å²) in [5.41, 5.74) is 1.34. The lowest BCUT2D eigenvalue weighted by Gasteiger charge is -2.23. The summed E-state index contributed by atoms with van der Waals surface area (Å²) >= 11 is -2.63. The second kappa shape index (κ2) is 13.1. The Labute approximate surface area is 239 Å². The Morgan fingerprint density at radius 1 is 0.976 bits per heavy atom. The summed E-state index contributed by atoms with van der Waals surface area (Å²) in [7, 11) is 6.16. The first-order valence-corrected chi connectivity index (χ1v) is 13.3. The van der Waals surface area contributed by atoms with Crippen molar-refractivity contribution in [3.63, 3.8) is 0 Å². The van der Waals surface area contributed by atoms with Crippen LogP contribution in [0.4, 0.5) is 11.6 Å². The van der Waals surface area contributed by atoms with E-state index in [1.807, 2.05) is 6.92 Å². The highest BCUT2D eigenvalue weighted by Crippen LogP contribution is 2.44. The van der Waals surface area contributed by atoms with Crippen molar-refractivity contribution in [2.24, 2.45) is 0 Å². The summed E-state index contributed by atoms with van der Waals surface area (Å²) in [6.45, 7) is 1.69. The molecule has 0 spiro atoms. The van der Waals surface area contributed by atoms with Crippen molar-refractivity contribution in [2.75, 3.05) is 39.2 Å². The van der Waals surface area contributed by atoms with Crippen LogP contribution in [0, 0.1) is 6.92 Å². The van der Waals surface area contributed by atoms with Gasteiger partial charge < -0.3 is 23.8 Å². The van der Waals surface area contributed by atoms with Crippen LogP contribution in [-0.2, 0) is 16.1 Å². The Morgan fingerprint density at radius 3 is 2.37 bits per heavy atom. The molecule has 0 saturated heterocycles. The fourth-order valence-corrected chi connectivity index (χ4v) is 4.11. The third-order valence-electron chi connectivity index (χ3n) is 5.70. The molecule has 0 saturated carbocycles. The highest BCUT2D eigenvalue weighted by Gasteiger charge is 2.29. The van der Waals surface area contributed by atoms with Crippen LogP contribution < -0.4 is 23.3 Å². The molecule has 41 heavy (non-hydrogen) atoms. The monoisotopic (exact) mass is 579 g/mol. The first-order valence-electron chi connectivity index (χ1n) is 12.3. The third kappa shape index (κ3) is 6.88. The standard InChI is InChI=1S/C28H29N5O7S/c1-18-13-14-23(29-16-18)33(41(35)36)27-25(40-22-12-7-6-11-21(22)37-4)28(38-5)31-26(30-27)19-9-8-10-20(15-19)39-17-24(34)32(2)3/h6-16H,17H2,1-5H3,(H,35,36). The molecule has 1 N–H and O–H groups in total. The van der Waals surface area contributed by atoms with Crippen molar-refractivity contribution in [3.8, 4) is 40.3 Å². The predicted molar refractivity (Wildman–Crippen MR) is 153 cm³/mol. The molecule has 4 rings (SSSR count). The molecule has 0 aliphatic rings. The molecule has 12 nitrogen and oxygen atoms in total. The van der Waals surface area contributed by atoms with E-state index in [4.69, 9.17) is 18.9 Å². The number of hydrogen-bond donors (Lipinski definition) is 1. The second-order valence-electron chi connectivity index (χ2n) is 8.79. The van der Waals surface area contributed by atoms with Gasteiger partial charge in [-0.05, 0) is 42.8 Å². The highest BCUT2D eigenvalue weighted by molar-refractivity contribution is 7.81. The van der Waals surface area contributed by atoms with Crippen LogP contribution in [0.5, 0.6) is 28.9 Å². The van der Waals surface area contributed by atoms with E-state index in [1.54, 1.807) is 81.0 Å². The SMILES string of the molecule is COc1ccccc1Oc1c(OC)nc(-c2cccc(OCC(=O)N(C)C)c2)nc1N(c1ccc(C)cn1)S(=O)O. The minimum atomic E-state index is -2.63. The van der Waals surface area contributed by atoms with Crippen molar-refractivity contribution in [3.05, 3.63) is 72.4 Å². The molecule has 2 aromatic heterocycles. The quantitative estimate of drug-likeness (QED) is 0.255. The lowest BCUT2D eigenvalue weighted by atomic mass is 10.2. The average Bonchev–Trinajstić information content (AvgIpc) is 2.97. The Morgan fingerprint density at radius 2 is 1.73 bits per heavy atom. The highest BCUT2D eigenvalue weighted by atomic mass is 32.2. The smallest absolute Gasteiger partial charge is 0.269 e. The van der Waals surface area contributed by atoms with E-state index < -0.39 is 11.3 Å². The molecule has 0 bridgehead atoms. The number of para-hydroxylation sites is 2. The number of hydrogen-bond acceptors (Lipinski definition) is 9. The van der Waals surface area contributed by atoms with Gasteiger partial charge >= 0.3 is 0 Å². The molecular weight excluding hydrogens is 550 g/mol. The van der Waals surface area contributed by atoms with Crippen LogP contribution in [0.2, 0.25) is 0 Å². The number of carbonyl (C=O) groups excluding carboxylic acids is 1. The zero-order chi connectivity index (χ0) is 29.5. The van der Waals surface area contributed by atoms with Crippen LogP contribution in [0.1, 0.15) is 5.56 Å². The molecule has 214 valence electrons. The zero-order valence-electron chi connectivity index (χ0n) is 23.1. The van der Waals surface area contributed by atoms with Gasteiger partial charge in [0.1, 0.15) is 11.6 Å². The summed E-state index contributed by atoms with van der Waals surface area (Å²) in [6, 6.07) is 17.0. The predicted octanol–water partition coefficient (Wildman–Crippen LogP) is 4.40. The molecule has 0 radical (unpaired) electrons. The maximum absolute atomic E-state index is 12.8. The molecule has 1 unspecified atom stereocenters. The molecule has 0 aliphatic heterocycles. The molecule has 1 amide bonds.